The van der Waals surface area contributed by atoms with E-state index in [-0.39, 0.29) is 41.6 Å². The molecule has 1 aliphatic heterocycles. The normalized spacial score (nSPS) is 19.0. The summed E-state index contributed by atoms with van der Waals surface area (Å²) in [6, 6.07) is 10.3. The van der Waals surface area contributed by atoms with Crippen LogP contribution in [-0.2, 0) is 26.2 Å². The van der Waals surface area contributed by atoms with Crippen LogP contribution in [0.25, 0.3) is 11.0 Å². The van der Waals surface area contributed by atoms with Gasteiger partial charge in [-0.1, -0.05) is 17.7 Å². The lowest BCUT2D eigenvalue weighted by Gasteiger charge is -2.20. The van der Waals surface area contributed by atoms with Gasteiger partial charge in [0.25, 0.3) is 0 Å². The number of benzene rings is 2. The van der Waals surface area contributed by atoms with Gasteiger partial charge in [0.15, 0.2) is 0 Å². The third kappa shape index (κ3) is 5.56. The molecule has 2 aliphatic rings. The zero-order valence-corrected chi connectivity index (χ0v) is 25.9. The zero-order chi connectivity index (χ0) is 32.1. The van der Waals surface area contributed by atoms with Crippen LogP contribution in [0.3, 0.4) is 0 Å². The molecule has 10 nitrogen and oxygen atoms in total. The highest BCUT2D eigenvalue weighted by atomic mass is 35.5. The number of rotatable bonds is 11. The topological polar surface area (TPSA) is 108 Å². The average molecular weight is 649 g/mol. The molecule has 0 amide bonds. The van der Waals surface area contributed by atoms with Crippen LogP contribution in [0.5, 0.6) is 11.6 Å². The Kier molecular flexibility index (Phi) is 7.85. The van der Waals surface area contributed by atoms with Gasteiger partial charge in [-0.05, 0) is 49.1 Å². The van der Waals surface area contributed by atoms with E-state index in [4.69, 9.17) is 26.1 Å². The van der Waals surface area contributed by atoms with E-state index in [9.17, 15) is 18.7 Å². The smallest absolute Gasteiger partial charge is 0.335 e. The van der Waals surface area contributed by atoms with Crippen molar-refractivity contribution in [1.82, 2.24) is 29.0 Å². The fraction of sp³-hybridized carbons (Fsp3) is 0.333. The molecule has 4 heterocycles. The van der Waals surface area contributed by atoms with E-state index in [1.807, 2.05) is 16.1 Å². The molecule has 1 N–H and O–H groups in total. The van der Waals surface area contributed by atoms with E-state index < -0.39 is 11.8 Å². The fourth-order valence-corrected chi connectivity index (χ4v) is 6.79. The highest BCUT2D eigenvalue weighted by Gasteiger charge is 2.57. The van der Waals surface area contributed by atoms with Gasteiger partial charge in [-0.2, -0.15) is 0 Å². The molecule has 3 atom stereocenters. The molecule has 2 fully saturated rings. The van der Waals surface area contributed by atoms with Crippen molar-refractivity contribution < 1.29 is 28.2 Å². The second-order valence-electron chi connectivity index (χ2n) is 11.7. The molecular weight excluding hydrogens is 618 g/mol. The third-order valence-electron chi connectivity index (χ3n) is 9.01. The Morgan fingerprint density at radius 1 is 1.07 bits per heavy atom. The van der Waals surface area contributed by atoms with E-state index in [1.165, 1.54) is 31.4 Å². The van der Waals surface area contributed by atoms with Crippen LogP contribution in [0.1, 0.15) is 46.0 Å². The van der Waals surface area contributed by atoms with Crippen molar-refractivity contribution in [3.8, 4) is 11.6 Å². The molecule has 0 spiro atoms. The second kappa shape index (κ2) is 12.0. The zero-order valence-electron chi connectivity index (χ0n) is 25.2. The predicted molar refractivity (Wildman–Crippen MR) is 165 cm³/mol. The van der Waals surface area contributed by atoms with Gasteiger partial charge in [0.1, 0.15) is 35.3 Å². The summed E-state index contributed by atoms with van der Waals surface area (Å²) in [6.45, 7) is 5.16. The summed E-state index contributed by atoms with van der Waals surface area (Å²) >= 11 is 5.84. The summed E-state index contributed by atoms with van der Waals surface area (Å²) in [5, 5.41) is 10.1. The summed E-state index contributed by atoms with van der Waals surface area (Å²) in [5.41, 5.74) is 3.04. The van der Waals surface area contributed by atoms with Crippen LogP contribution in [0.2, 0.25) is 5.02 Å². The molecule has 2 aromatic carbocycles. The number of likely N-dealkylation sites (tertiary alicyclic amines) is 1. The Labute approximate surface area is 268 Å². The largest absolute Gasteiger partial charge is 0.494 e. The number of carbonyl (C=O) groups is 1. The van der Waals surface area contributed by atoms with E-state index in [0.717, 1.165) is 31.2 Å². The maximum atomic E-state index is 15.0. The Hall–Kier alpha value is -4.55. The van der Waals surface area contributed by atoms with Gasteiger partial charge in [0.2, 0.25) is 5.88 Å². The van der Waals surface area contributed by atoms with Crippen molar-refractivity contribution in [3.05, 3.63) is 100.0 Å². The van der Waals surface area contributed by atoms with Crippen molar-refractivity contribution in [3.63, 3.8) is 0 Å². The number of nitrogens with zero attached hydrogens (tertiary/aromatic N) is 6. The quantitative estimate of drug-likeness (QED) is 0.193. The van der Waals surface area contributed by atoms with Gasteiger partial charge in [0.05, 0.1) is 49.0 Å². The first-order valence-corrected chi connectivity index (χ1v) is 15.4. The highest BCUT2D eigenvalue weighted by Crippen LogP contribution is 2.58. The summed E-state index contributed by atoms with van der Waals surface area (Å²) in [7, 11) is 1.50. The summed E-state index contributed by atoms with van der Waals surface area (Å²) in [5.74, 6) is -0.102. The van der Waals surface area contributed by atoms with E-state index >= 15 is 0 Å². The second-order valence-corrected chi connectivity index (χ2v) is 12.2. The summed E-state index contributed by atoms with van der Waals surface area (Å²) in [4.78, 5) is 27.9. The number of fused-ring (bicyclic) bond motifs is 2. The molecule has 1 saturated carbocycles. The van der Waals surface area contributed by atoms with Crippen molar-refractivity contribution in [2.45, 2.75) is 39.1 Å². The number of carboxylic acids is 1. The first kappa shape index (κ1) is 30.1. The van der Waals surface area contributed by atoms with Crippen molar-refractivity contribution in [1.29, 1.82) is 0 Å². The number of methoxy groups -OCH3 is 1. The number of aromatic nitrogens is 5. The average Bonchev–Trinajstić information content (AvgIpc) is 3.38. The molecule has 3 aromatic heterocycles. The monoisotopic (exact) mass is 648 g/mol. The Bertz CT molecular complexity index is 1950. The first-order chi connectivity index (χ1) is 22.2. The van der Waals surface area contributed by atoms with Crippen LogP contribution >= 0.6 is 11.6 Å². The molecule has 238 valence electrons. The van der Waals surface area contributed by atoms with Gasteiger partial charge in [-0.3, -0.25) is 4.90 Å². The number of pyridine rings is 1. The SMILES string of the molecule is CCn1cncc1Cn1c(CN2C[C@@H]3C(c4nc(OCc5ccc(Cl)cc5F)ccc4F)[C@@H]3C2)nc2c(OC)cc(C(=O)O)cc21. The maximum absolute atomic E-state index is 15.0. The number of hydrogen-bond donors (Lipinski definition) is 1. The van der Waals surface area contributed by atoms with Gasteiger partial charge >= 0.3 is 5.97 Å². The molecular formula is C33H31ClF2N6O4. The lowest BCUT2D eigenvalue weighted by molar-refractivity contribution is 0.0696. The van der Waals surface area contributed by atoms with Crippen LogP contribution in [0.15, 0.2) is 55.0 Å². The minimum absolute atomic E-state index is 0.0389. The van der Waals surface area contributed by atoms with Crippen molar-refractivity contribution in [2.24, 2.45) is 11.8 Å². The Balaban J connectivity index is 1.10. The number of aromatic carboxylic acids is 1. The predicted octanol–water partition coefficient (Wildman–Crippen LogP) is 5.76. The van der Waals surface area contributed by atoms with Gasteiger partial charge in [0, 0.05) is 48.4 Å². The van der Waals surface area contributed by atoms with E-state index in [2.05, 4.69) is 14.9 Å². The number of ether oxygens (including phenoxy) is 2. The number of aryl methyl sites for hydroxylation is 1. The molecule has 5 aromatic rings. The molecule has 0 radical (unpaired) electrons. The molecule has 1 aliphatic carbocycles. The number of hydrogen-bond acceptors (Lipinski definition) is 7. The van der Waals surface area contributed by atoms with E-state index in [0.29, 0.717) is 46.2 Å². The number of halogens is 3. The standard InChI is InChI=1S/C33H31ClF2N6O4/c1-3-41-17-37-11-21(41)12-42-26-8-19(33(43)44)9-27(45-2)32(26)38-28(42)15-40-13-22-23(14-40)30(22)31-24(35)6-7-29(39-31)46-16-18-4-5-20(34)10-25(18)36/h4-11,17,22-23,30H,3,12-16H2,1-2H3,(H,43,44)/t22-,23+,30?. The lowest BCUT2D eigenvalue weighted by atomic mass is 10.1. The summed E-state index contributed by atoms with van der Waals surface area (Å²) < 4.78 is 44.5. The molecule has 13 heteroatoms. The van der Waals surface area contributed by atoms with Gasteiger partial charge in [-0.15, -0.1) is 0 Å². The number of piperidine rings is 1. The number of carboxylic acid groups (broad SMARTS) is 1. The Morgan fingerprint density at radius 3 is 2.59 bits per heavy atom. The minimum Gasteiger partial charge on any atom is -0.494 e. The van der Waals surface area contributed by atoms with Gasteiger partial charge < -0.3 is 23.7 Å². The molecule has 1 saturated heterocycles. The molecule has 0 bridgehead atoms. The lowest BCUT2D eigenvalue weighted by Crippen LogP contribution is -2.26. The molecule has 7 rings (SSSR count). The van der Waals surface area contributed by atoms with Crippen LogP contribution < -0.4 is 9.47 Å². The van der Waals surface area contributed by atoms with Gasteiger partial charge in [-0.25, -0.2) is 28.5 Å². The van der Waals surface area contributed by atoms with Crippen molar-refractivity contribution >= 4 is 28.6 Å². The summed E-state index contributed by atoms with van der Waals surface area (Å²) in [6.07, 6.45) is 3.58. The number of imidazole rings is 2. The maximum Gasteiger partial charge on any atom is 0.335 e. The molecule has 46 heavy (non-hydrogen) atoms. The fourth-order valence-electron chi connectivity index (χ4n) is 6.63. The molecule has 1 unspecified atom stereocenters. The third-order valence-corrected chi connectivity index (χ3v) is 9.25. The van der Waals surface area contributed by atoms with Crippen LogP contribution in [-0.4, -0.2) is 60.3 Å². The minimum atomic E-state index is -1.05. The Morgan fingerprint density at radius 2 is 1.87 bits per heavy atom. The van der Waals surface area contributed by atoms with E-state index in [1.54, 1.807) is 30.7 Å². The van der Waals surface area contributed by atoms with Crippen molar-refractivity contribution in [2.75, 3.05) is 20.2 Å². The van der Waals surface area contributed by atoms with Crippen LogP contribution in [0, 0.1) is 23.5 Å². The highest BCUT2D eigenvalue weighted by molar-refractivity contribution is 6.30. The first-order valence-electron chi connectivity index (χ1n) is 15.0. The van der Waals surface area contributed by atoms with Crippen LogP contribution in [0.4, 0.5) is 8.78 Å².